The normalized spacial score (nSPS) is 10.5. The Balaban J connectivity index is 2.23. The van der Waals surface area contributed by atoms with Gasteiger partial charge in [0.25, 0.3) is 5.56 Å². The highest BCUT2D eigenvalue weighted by molar-refractivity contribution is 5.80. The van der Waals surface area contributed by atoms with E-state index in [0.29, 0.717) is 35.1 Å². The van der Waals surface area contributed by atoms with Crippen molar-refractivity contribution < 1.29 is 5.11 Å². The van der Waals surface area contributed by atoms with Crippen molar-refractivity contribution in [3.63, 3.8) is 0 Å². The minimum Gasteiger partial charge on any atom is -0.507 e. The molecular weight excluding hydrogens is 278 g/mol. The van der Waals surface area contributed by atoms with Gasteiger partial charge < -0.3 is 10.1 Å². The molecule has 0 saturated carbocycles. The Hall–Kier alpha value is -3.13. The molecule has 0 aliphatic carbocycles. The van der Waals surface area contributed by atoms with Gasteiger partial charge >= 0.3 is 0 Å². The fourth-order valence-corrected chi connectivity index (χ4v) is 2.46. The van der Waals surface area contributed by atoms with Crippen LogP contribution in [0.3, 0.4) is 0 Å². The first kappa shape index (κ1) is 13.8. The van der Waals surface area contributed by atoms with E-state index in [-0.39, 0.29) is 11.3 Å². The van der Waals surface area contributed by atoms with Crippen molar-refractivity contribution >= 4 is 10.9 Å². The van der Waals surface area contributed by atoms with Gasteiger partial charge in [-0.2, -0.15) is 5.26 Å². The summed E-state index contributed by atoms with van der Waals surface area (Å²) in [5.74, 6) is 0.351. The predicted molar refractivity (Wildman–Crippen MR) is 83.4 cm³/mol. The SMILES string of the molecule is N#CCCc1cccc(O)c1-c1nc2ccccc2c(=O)[nH]1. The van der Waals surface area contributed by atoms with Crippen molar-refractivity contribution in [3.05, 3.63) is 58.4 Å². The number of rotatable bonds is 3. The summed E-state index contributed by atoms with van der Waals surface area (Å²) in [5, 5.41) is 19.4. The van der Waals surface area contributed by atoms with E-state index in [9.17, 15) is 9.90 Å². The van der Waals surface area contributed by atoms with Gasteiger partial charge in [0.15, 0.2) is 0 Å². The van der Waals surface area contributed by atoms with Gasteiger partial charge in [0, 0.05) is 6.42 Å². The molecule has 0 bridgehead atoms. The minimum atomic E-state index is -0.255. The van der Waals surface area contributed by atoms with Gasteiger partial charge in [0.2, 0.25) is 0 Å². The van der Waals surface area contributed by atoms with Crippen LogP contribution in [0.25, 0.3) is 22.3 Å². The van der Waals surface area contributed by atoms with E-state index in [4.69, 9.17) is 5.26 Å². The van der Waals surface area contributed by atoms with Gasteiger partial charge in [-0.3, -0.25) is 4.79 Å². The second-order valence-corrected chi connectivity index (χ2v) is 4.90. The van der Waals surface area contributed by atoms with Crippen LogP contribution >= 0.6 is 0 Å². The second-order valence-electron chi connectivity index (χ2n) is 4.90. The van der Waals surface area contributed by atoms with Gasteiger partial charge in [-0.15, -0.1) is 0 Å². The number of nitrogens with zero attached hydrogens (tertiary/aromatic N) is 2. The van der Waals surface area contributed by atoms with E-state index >= 15 is 0 Å². The van der Waals surface area contributed by atoms with Crippen LogP contribution in [0, 0.1) is 11.3 Å². The average molecular weight is 291 g/mol. The Bertz CT molecular complexity index is 939. The standard InChI is InChI=1S/C17H13N3O2/c18-10-4-6-11-5-3-9-14(21)15(11)16-19-13-8-2-1-7-12(13)17(22)20-16/h1-3,5,7-9,21H,4,6H2,(H,19,20,22). The van der Waals surface area contributed by atoms with Crippen LogP contribution in [-0.2, 0) is 6.42 Å². The summed E-state index contributed by atoms with van der Waals surface area (Å²) in [6.45, 7) is 0. The Morgan fingerprint density at radius 1 is 1.18 bits per heavy atom. The van der Waals surface area contributed by atoms with E-state index in [0.717, 1.165) is 5.56 Å². The number of para-hydroxylation sites is 1. The number of H-pyrrole nitrogens is 1. The molecule has 5 heteroatoms. The van der Waals surface area contributed by atoms with Crippen molar-refractivity contribution in [3.8, 4) is 23.2 Å². The smallest absolute Gasteiger partial charge is 0.259 e. The minimum absolute atomic E-state index is 0.0360. The highest BCUT2D eigenvalue weighted by Gasteiger charge is 2.14. The molecule has 0 aliphatic heterocycles. The second kappa shape index (κ2) is 5.70. The van der Waals surface area contributed by atoms with Crippen molar-refractivity contribution in [2.45, 2.75) is 12.8 Å². The van der Waals surface area contributed by atoms with E-state index < -0.39 is 0 Å². The van der Waals surface area contributed by atoms with Crippen molar-refractivity contribution in [2.24, 2.45) is 0 Å². The number of phenolic OH excluding ortho intramolecular Hbond substituents is 1. The highest BCUT2D eigenvalue weighted by atomic mass is 16.3. The highest BCUT2D eigenvalue weighted by Crippen LogP contribution is 2.31. The zero-order chi connectivity index (χ0) is 15.5. The van der Waals surface area contributed by atoms with E-state index in [1.165, 1.54) is 0 Å². The number of aromatic nitrogens is 2. The molecule has 1 heterocycles. The number of nitriles is 1. The maximum absolute atomic E-state index is 12.2. The fraction of sp³-hybridized carbons (Fsp3) is 0.118. The van der Waals surface area contributed by atoms with Crippen molar-refractivity contribution in [1.29, 1.82) is 5.26 Å². The molecule has 0 spiro atoms. The third-order valence-electron chi connectivity index (χ3n) is 3.48. The van der Waals surface area contributed by atoms with Crippen molar-refractivity contribution in [1.82, 2.24) is 9.97 Å². The average Bonchev–Trinajstić information content (AvgIpc) is 2.53. The number of benzene rings is 2. The van der Waals surface area contributed by atoms with Crippen molar-refractivity contribution in [2.75, 3.05) is 0 Å². The molecule has 0 atom stereocenters. The summed E-state index contributed by atoms with van der Waals surface area (Å²) >= 11 is 0. The number of aryl methyl sites for hydroxylation is 1. The molecule has 108 valence electrons. The Morgan fingerprint density at radius 3 is 2.82 bits per heavy atom. The zero-order valence-corrected chi connectivity index (χ0v) is 11.7. The molecule has 2 N–H and O–H groups in total. The molecule has 1 aromatic heterocycles. The number of aromatic amines is 1. The molecule has 3 rings (SSSR count). The number of hydrogen-bond acceptors (Lipinski definition) is 4. The summed E-state index contributed by atoms with van der Waals surface area (Å²) < 4.78 is 0. The first-order chi connectivity index (χ1) is 10.7. The Labute approximate surface area is 126 Å². The summed E-state index contributed by atoms with van der Waals surface area (Å²) in [7, 11) is 0. The van der Waals surface area contributed by atoms with Crippen LogP contribution in [0.5, 0.6) is 5.75 Å². The van der Waals surface area contributed by atoms with Gasteiger partial charge in [0.1, 0.15) is 11.6 Å². The lowest BCUT2D eigenvalue weighted by Crippen LogP contribution is -2.10. The molecule has 0 amide bonds. The van der Waals surface area contributed by atoms with Crippen LogP contribution in [-0.4, -0.2) is 15.1 Å². The molecule has 0 aliphatic rings. The summed E-state index contributed by atoms with van der Waals surface area (Å²) in [6, 6.07) is 14.2. The molecule has 22 heavy (non-hydrogen) atoms. The van der Waals surface area contributed by atoms with Crippen LogP contribution in [0.1, 0.15) is 12.0 Å². The molecule has 0 fully saturated rings. The fourth-order valence-electron chi connectivity index (χ4n) is 2.46. The number of fused-ring (bicyclic) bond motifs is 1. The first-order valence-corrected chi connectivity index (χ1v) is 6.88. The van der Waals surface area contributed by atoms with Gasteiger partial charge in [-0.25, -0.2) is 4.98 Å². The van der Waals surface area contributed by atoms with Crippen LogP contribution < -0.4 is 5.56 Å². The van der Waals surface area contributed by atoms with Gasteiger partial charge in [-0.1, -0.05) is 24.3 Å². The van der Waals surface area contributed by atoms with Gasteiger partial charge in [0.05, 0.1) is 22.5 Å². The summed E-state index contributed by atoms with van der Waals surface area (Å²) in [6.07, 6.45) is 0.811. The first-order valence-electron chi connectivity index (χ1n) is 6.88. The van der Waals surface area contributed by atoms with Crippen LogP contribution in [0.4, 0.5) is 0 Å². The maximum Gasteiger partial charge on any atom is 0.259 e. The molecular formula is C17H13N3O2. The summed E-state index contributed by atoms with van der Waals surface area (Å²) in [5.41, 5.74) is 1.56. The molecule has 0 unspecified atom stereocenters. The molecule has 3 aromatic rings. The van der Waals surface area contributed by atoms with E-state index in [1.54, 1.807) is 36.4 Å². The molecule has 0 saturated heterocycles. The third-order valence-corrected chi connectivity index (χ3v) is 3.48. The van der Waals surface area contributed by atoms with E-state index in [2.05, 4.69) is 16.0 Å². The molecule has 2 aromatic carbocycles. The maximum atomic E-state index is 12.2. The van der Waals surface area contributed by atoms with E-state index in [1.807, 2.05) is 6.07 Å². The largest absolute Gasteiger partial charge is 0.507 e. The number of phenols is 1. The summed E-state index contributed by atoms with van der Waals surface area (Å²) in [4.78, 5) is 19.3. The quantitative estimate of drug-likeness (QED) is 0.776. The third kappa shape index (κ3) is 2.42. The van der Waals surface area contributed by atoms with Crippen LogP contribution in [0.2, 0.25) is 0 Å². The Kier molecular flexibility index (Phi) is 3.58. The lowest BCUT2D eigenvalue weighted by molar-refractivity contribution is 0.476. The monoisotopic (exact) mass is 291 g/mol. The zero-order valence-electron chi connectivity index (χ0n) is 11.7. The number of aromatic hydroxyl groups is 1. The van der Waals surface area contributed by atoms with Crippen LogP contribution in [0.15, 0.2) is 47.3 Å². The number of hydrogen-bond donors (Lipinski definition) is 2. The lowest BCUT2D eigenvalue weighted by Gasteiger charge is -2.10. The molecule has 5 nitrogen and oxygen atoms in total. The Morgan fingerprint density at radius 2 is 2.00 bits per heavy atom. The molecule has 0 radical (unpaired) electrons. The number of nitrogens with one attached hydrogen (secondary N) is 1. The lowest BCUT2D eigenvalue weighted by atomic mass is 10.0. The topological polar surface area (TPSA) is 89.8 Å². The van der Waals surface area contributed by atoms with Gasteiger partial charge in [-0.05, 0) is 30.2 Å². The predicted octanol–water partition coefficient (Wildman–Crippen LogP) is 2.75.